The van der Waals surface area contributed by atoms with Crippen molar-refractivity contribution in [3.8, 4) is 0 Å². The third kappa shape index (κ3) is 5.43. The highest BCUT2D eigenvalue weighted by Crippen LogP contribution is 2.28. The molecular weight excluding hydrogens is 436 g/mol. The molecule has 2 aromatic carbocycles. The number of carboxylic acids is 2. The van der Waals surface area contributed by atoms with E-state index in [0.717, 1.165) is 56.6 Å². The summed E-state index contributed by atoms with van der Waals surface area (Å²) in [7, 11) is 0. The lowest BCUT2D eigenvalue weighted by molar-refractivity contribution is -0.159. The average molecular weight is 465 g/mol. The number of para-hydroxylation sites is 3. The smallest absolute Gasteiger partial charge is 0.414 e. The van der Waals surface area contributed by atoms with Gasteiger partial charge in [-0.25, -0.2) is 14.6 Å². The van der Waals surface area contributed by atoms with E-state index < -0.39 is 11.9 Å². The number of amides is 1. The van der Waals surface area contributed by atoms with E-state index in [0.29, 0.717) is 12.5 Å². The third-order valence-corrected chi connectivity index (χ3v) is 6.42. The van der Waals surface area contributed by atoms with E-state index in [1.807, 2.05) is 23.4 Å². The summed E-state index contributed by atoms with van der Waals surface area (Å²) in [6.45, 7) is 4.37. The van der Waals surface area contributed by atoms with Gasteiger partial charge in [-0.3, -0.25) is 9.69 Å². The van der Waals surface area contributed by atoms with Gasteiger partial charge in [0.1, 0.15) is 0 Å². The number of aromatic nitrogens is 2. The SMILES string of the molecule is O=C(CN1CCC(Cn2cnc3ccccc32)CC1)N1CCc2ccccc21.O=C(O)C(=O)O. The molecule has 1 amide bonds. The molecule has 0 saturated carbocycles. The molecule has 0 atom stereocenters. The fourth-order valence-electron chi connectivity index (χ4n) is 4.64. The molecule has 1 aromatic heterocycles. The maximum atomic E-state index is 12.8. The van der Waals surface area contributed by atoms with Crippen molar-refractivity contribution in [2.24, 2.45) is 5.92 Å². The fraction of sp³-hybridized carbons (Fsp3) is 0.360. The molecule has 2 aliphatic heterocycles. The molecule has 9 heteroatoms. The molecule has 0 bridgehead atoms. The lowest BCUT2D eigenvalue weighted by Gasteiger charge is -2.32. The number of nitrogens with zero attached hydrogens (tertiary/aromatic N) is 4. The van der Waals surface area contributed by atoms with Crippen LogP contribution in [0.15, 0.2) is 54.9 Å². The van der Waals surface area contributed by atoms with Gasteiger partial charge in [0.15, 0.2) is 0 Å². The van der Waals surface area contributed by atoms with Crippen LogP contribution in [0.5, 0.6) is 0 Å². The number of carbonyl (C=O) groups is 3. The number of aliphatic carboxylic acids is 2. The molecule has 0 radical (unpaired) electrons. The lowest BCUT2D eigenvalue weighted by atomic mass is 9.96. The number of likely N-dealkylation sites (tertiary alicyclic amines) is 1. The first-order chi connectivity index (χ1) is 16.4. The predicted octanol–water partition coefficient (Wildman–Crippen LogP) is 2.49. The fourth-order valence-corrected chi connectivity index (χ4v) is 4.64. The highest BCUT2D eigenvalue weighted by molar-refractivity contribution is 6.27. The second-order valence-electron chi connectivity index (χ2n) is 8.64. The Morgan fingerprint density at radius 2 is 1.59 bits per heavy atom. The summed E-state index contributed by atoms with van der Waals surface area (Å²) in [6, 6.07) is 16.6. The third-order valence-electron chi connectivity index (χ3n) is 6.42. The van der Waals surface area contributed by atoms with Gasteiger partial charge in [-0.2, -0.15) is 0 Å². The van der Waals surface area contributed by atoms with Crippen LogP contribution in [0.4, 0.5) is 5.69 Å². The van der Waals surface area contributed by atoms with E-state index in [1.54, 1.807) is 0 Å². The van der Waals surface area contributed by atoms with Gasteiger partial charge in [-0.1, -0.05) is 30.3 Å². The minimum atomic E-state index is -1.82. The van der Waals surface area contributed by atoms with Crippen molar-refractivity contribution < 1.29 is 24.6 Å². The van der Waals surface area contributed by atoms with Gasteiger partial charge in [-0.05, 0) is 62.0 Å². The van der Waals surface area contributed by atoms with E-state index >= 15 is 0 Å². The van der Waals surface area contributed by atoms with Crippen LogP contribution in [0, 0.1) is 5.92 Å². The zero-order valence-corrected chi connectivity index (χ0v) is 18.8. The first-order valence-electron chi connectivity index (χ1n) is 11.4. The first-order valence-corrected chi connectivity index (χ1v) is 11.4. The Morgan fingerprint density at radius 3 is 2.32 bits per heavy atom. The Balaban J connectivity index is 0.000000408. The van der Waals surface area contributed by atoms with Crippen molar-refractivity contribution in [1.82, 2.24) is 14.5 Å². The van der Waals surface area contributed by atoms with Crippen LogP contribution >= 0.6 is 0 Å². The number of carbonyl (C=O) groups excluding carboxylic acids is 1. The van der Waals surface area contributed by atoms with Crippen molar-refractivity contribution in [3.05, 3.63) is 60.4 Å². The van der Waals surface area contributed by atoms with Crippen LogP contribution in [-0.4, -0.2) is 68.7 Å². The molecule has 3 aromatic rings. The van der Waals surface area contributed by atoms with Gasteiger partial charge in [0, 0.05) is 18.8 Å². The molecule has 0 unspecified atom stereocenters. The van der Waals surface area contributed by atoms with Crippen LogP contribution in [0.25, 0.3) is 11.0 Å². The average Bonchev–Trinajstić information content (AvgIpc) is 3.45. The molecule has 2 N–H and O–H groups in total. The van der Waals surface area contributed by atoms with Crippen LogP contribution < -0.4 is 4.90 Å². The second kappa shape index (κ2) is 10.5. The summed E-state index contributed by atoms with van der Waals surface area (Å²) in [6.07, 6.45) is 5.21. The number of piperidine rings is 1. The van der Waals surface area contributed by atoms with Crippen molar-refractivity contribution in [3.63, 3.8) is 0 Å². The van der Waals surface area contributed by atoms with Gasteiger partial charge in [0.05, 0.1) is 23.9 Å². The van der Waals surface area contributed by atoms with Crippen LogP contribution in [0.2, 0.25) is 0 Å². The lowest BCUT2D eigenvalue weighted by Crippen LogP contribution is -2.43. The molecule has 3 heterocycles. The second-order valence-corrected chi connectivity index (χ2v) is 8.64. The molecule has 0 spiro atoms. The number of hydrogen-bond donors (Lipinski definition) is 2. The maximum absolute atomic E-state index is 12.8. The first kappa shape index (κ1) is 23.4. The number of rotatable bonds is 4. The molecule has 178 valence electrons. The van der Waals surface area contributed by atoms with Gasteiger partial charge in [0.25, 0.3) is 0 Å². The normalized spacial score (nSPS) is 16.1. The zero-order chi connectivity index (χ0) is 24.1. The number of anilines is 1. The van der Waals surface area contributed by atoms with Crippen LogP contribution in [-0.2, 0) is 27.3 Å². The monoisotopic (exact) mass is 464 g/mol. The van der Waals surface area contributed by atoms with Gasteiger partial charge >= 0.3 is 11.9 Å². The van der Waals surface area contributed by atoms with E-state index in [-0.39, 0.29) is 5.91 Å². The highest BCUT2D eigenvalue weighted by Gasteiger charge is 2.27. The predicted molar refractivity (Wildman–Crippen MR) is 127 cm³/mol. The molecular formula is C25H28N4O5. The minimum absolute atomic E-state index is 0.240. The van der Waals surface area contributed by atoms with Crippen molar-refractivity contribution in [2.75, 3.05) is 31.1 Å². The van der Waals surface area contributed by atoms with E-state index in [2.05, 4.69) is 50.8 Å². The standard InChI is InChI=1S/C23H26N4O.C2H2O4/c28-23(27-14-11-19-5-1-3-7-21(19)27)16-25-12-9-18(10-13-25)15-26-17-24-20-6-2-4-8-22(20)26;3-1(4)2(5)6/h1-8,17-18H,9-16H2;(H,3,4)(H,5,6). The Bertz CT molecular complexity index is 1170. The number of hydrogen-bond acceptors (Lipinski definition) is 5. The van der Waals surface area contributed by atoms with Crippen molar-refractivity contribution >= 4 is 34.6 Å². The summed E-state index contributed by atoms with van der Waals surface area (Å²) in [5.41, 5.74) is 4.68. The number of fused-ring (bicyclic) bond motifs is 2. The number of benzene rings is 2. The van der Waals surface area contributed by atoms with Gasteiger partial charge in [-0.15, -0.1) is 0 Å². The van der Waals surface area contributed by atoms with Crippen LogP contribution in [0.1, 0.15) is 18.4 Å². The number of imidazole rings is 1. The molecule has 1 fully saturated rings. The molecule has 2 aliphatic rings. The molecule has 5 rings (SSSR count). The van der Waals surface area contributed by atoms with E-state index in [9.17, 15) is 4.79 Å². The summed E-state index contributed by atoms with van der Waals surface area (Å²) in [5.74, 6) is -2.76. The highest BCUT2D eigenvalue weighted by atomic mass is 16.4. The Kier molecular flexibility index (Phi) is 7.22. The summed E-state index contributed by atoms with van der Waals surface area (Å²) in [4.78, 5) is 39.8. The maximum Gasteiger partial charge on any atom is 0.414 e. The topological polar surface area (TPSA) is 116 Å². The summed E-state index contributed by atoms with van der Waals surface area (Å²) < 4.78 is 2.28. The van der Waals surface area contributed by atoms with Gasteiger partial charge < -0.3 is 19.7 Å². The molecule has 34 heavy (non-hydrogen) atoms. The Labute approximate surface area is 197 Å². The van der Waals surface area contributed by atoms with E-state index in [4.69, 9.17) is 19.8 Å². The Hall–Kier alpha value is -3.72. The molecule has 1 saturated heterocycles. The quantitative estimate of drug-likeness (QED) is 0.570. The largest absolute Gasteiger partial charge is 0.473 e. The van der Waals surface area contributed by atoms with E-state index in [1.165, 1.54) is 11.1 Å². The summed E-state index contributed by atoms with van der Waals surface area (Å²) in [5, 5.41) is 14.8. The number of carboxylic acid groups (broad SMARTS) is 2. The van der Waals surface area contributed by atoms with Crippen molar-refractivity contribution in [2.45, 2.75) is 25.8 Å². The Morgan fingerprint density at radius 1 is 0.912 bits per heavy atom. The zero-order valence-electron chi connectivity index (χ0n) is 18.8. The molecule has 0 aliphatic carbocycles. The van der Waals surface area contributed by atoms with Crippen molar-refractivity contribution in [1.29, 1.82) is 0 Å². The van der Waals surface area contributed by atoms with Crippen LogP contribution in [0.3, 0.4) is 0 Å². The van der Waals surface area contributed by atoms with Gasteiger partial charge in [0.2, 0.25) is 5.91 Å². The molecule has 9 nitrogen and oxygen atoms in total. The summed E-state index contributed by atoms with van der Waals surface area (Å²) >= 11 is 0. The minimum Gasteiger partial charge on any atom is -0.473 e.